The highest BCUT2D eigenvalue weighted by Gasteiger charge is 2.26. The van der Waals surface area contributed by atoms with Gasteiger partial charge in [-0.15, -0.1) is 0 Å². The van der Waals surface area contributed by atoms with Crippen LogP contribution in [0.5, 0.6) is 0 Å². The smallest absolute Gasteiger partial charge is 0.247 e. The SMILES string of the molecule is CN(C)CCCCN(C)S(=O)(=O)c1c(F)cccc1Cl. The minimum atomic E-state index is -3.89. The number of rotatable bonds is 7. The standard InChI is InChI=1S/C13H20ClFN2O2S/c1-16(2)9-4-5-10-17(3)20(18,19)13-11(14)7-6-8-12(13)15/h6-8H,4-5,9-10H2,1-3H3. The molecule has 0 N–H and O–H groups in total. The summed E-state index contributed by atoms with van der Waals surface area (Å²) in [6.07, 6.45) is 1.58. The molecule has 0 bridgehead atoms. The summed E-state index contributed by atoms with van der Waals surface area (Å²) in [6.45, 7) is 1.22. The van der Waals surface area contributed by atoms with E-state index in [0.717, 1.165) is 23.3 Å². The molecule has 0 aromatic heterocycles. The summed E-state index contributed by atoms with van der Waals surface area (Å²) in [5.41, 5.74) is 0. The van der Waals surface area contributed by atoms with Gasteiger partial charge in [0.15, 0.2) is 0 Å². The van der Waals surface area contributed by atoms with E-state index < -0.39 is 20.7 Å². The minimum Gasteiger partial charge on any atom is -0.309 e. The van der Waals surface area contributed by atoms with Gasteiger partial charge >= 0.3 is 0 Å². The zero-order chi connectivity index (χ0) is 15.3. The molecule has 0 amide bonds. The van der Waals surface area contributed by atoms with Gasteiger partial charge in [-0.25, -0.2) is 17.1 Å². The van der Waals surface area contributed by atoms with E-state index >= 15 is 0 Å². The van der Waals surface area contributed by atoms with Gasteiger partial charge in [-0.2, -0.15) is 0 Å². The van der Waals surface area contributed by atoms with Crippen molar-refractivity contribution < 1.29 is 12.8 Å². The van der Waals surface area contributed by atoms with E-state index in [-0.39, 0.29) is 5.02 Å². The monoisotopic (exact) mass is 322 g/mol. The Bertz CT molecular complexity index is 529. The lowest BCUT2D eigenvalue weighted by Gasteiger charge is -2.18. The second-order valence-electron chi connectivity index (χ2n) is 4.89. The molecule has 0 saturated heterocycles. The van der Waals surface area contributed by atoms with Crippen molar-refractivity contribution in [1.82, 2.24) is 9.21 Å². The molecular formula is C13H20ClFN2O2S. The van der Waals surface area contributed by atoms with E-state index in [9.17, 15) is 12.8 Å². The van der Waals surface area contributed by atoms with Crippen LogP contribution >= 0.6 is 11.6 Å². The number of unbranched alkanes of at least 4 members (excludes halogenated alkanes) is 1. The first kappa shape index (κ1) is 17.4. The lowest BCUT2D eigenvalue weighted by molar-refractivity contribution is 0.377. The van der Waals surface area contributed by atoms with Crippen LogP contribution in [0, 0.1) is 5.82 Å². The zero-order valence-electron chi connectivity index (χ0n) is 11.9. The number of benzene rings is 1. The Kier molecular flexibility index (Phi) is 6.39. The van der Waals surface area contributed by atoms with Crippen molar-refractivity contribution in [2.45, 2.75) is 17.7 Å². The maximum absolute atomic E-state index is 13.7. The fraction of sp³-hybridized carbons (Fsp3) is 0.538. The Balaban J connectivity index is 2.78. The molecular weight excluding hydrogens is 303 g/mol. The van der Waals surface area contributed by atoms with Crippen molar-refractivity contribution in [3.63, 3.8) is 0 Å². The largest absolute Gasteiger partial charge is 0.309 e. The molecule has 114 valence electrons. The first-order chi connectivity index (χ1) is 9.26. The highest BCUT2D eigenvalue weighted by molar-refractivity contribution is 7.89. The van der Waals surface area contributed by atoms with E-state index in [2.05, 4.69) is 0 Å². The summed E-state index contributed by atoms with van der Waals surface area (Å²) in [5.74, 6) is -0.822. The minimum absolute atomic E-state index is 0.0925. The summed E-state index contributed by atoms with van der Waals surface area (Å²) in [7, 11) is 1.47. The van der Waals surface area contributed by atoms with Gasteiger partial charge in [-0.1, -0.05) is 17.7 Å². The third-order valence-electron chi connectivity index (χ3n) is 2.92. The Morgan fingerprint density at radius 2 is 1.75 bits per heavy atom. The van der Waals surface area contributed by atoms with Gasteiger partial charge in [-0.3, -0.25) is 0 Å². The Morgan fingerprint density at radius 3 is 2.30 bits per heavy atom. The molecule has 20 heavy (non-hydrogen) atoms. The summed E-state index contributed by atoms with van der Waals surface area (Å²) in [4.78, 5) is 1.58. The predicted molar refractivity (Wildman–Crippen MR) is 79.0 cm³/mol. The molecule has 1 rings (SSSR count). The Labute approximate surface area is 125 Å². The number of hydrogen-bond donors (Lipinski definition) is 0. The van der Waals surface area contributed by atoms with Gasteiger partial charge in [0.2, 0.25) is 10.0 Å². The van der Waals surface area contributed by atoms with Crippen molar-refractivity contribution in [3.05, 3.63) is 29.0 Å². The lowest BCUT2D eigenvalue weighted by Crippen LogP contribution is -2.29. The van der Waals surface area contributed by atoms with E-state index in [1.807, 2.05) is 19.0 Å². The van der Waals surface area contributed by atoms with Gasteiger partial charge in [0.25, 0.3) is 0 Å². The Hall–Kier alpha value is -0.690. The quantitative estimate of drug-likeness (QED) is 0.724. The molecule has 0 heterocycles. The van der Waals surface area contributed by atoms with Crippen LogP contribution in [0.25, 0.3) is 0 Å². The zero-order valence-corrected chi connectivity index (χ0v) is 13.5. The molecule has 0 saturated carbocycles. The van der Waals surface area contributed by atoms with Gasteiger partial charge in [-0.05, 0) is 45.6 Å². The molecule has 0 radical (unpaired) electrons. The van der Waals surface area contributed by atoms with Crippen molar-refractivity contribution in [2.75, 3.05) is 34.2 Å². The van der Waals surface area contributed by atoms with Crippen LogP contribution in [0.2, 0.25) is 5.02 Å². The second kappa shape index (κ2) is 7.36. The first-order valence-electron chi connectivity index (χ1n) is 6.32. The fourth-order valence-corrected chi connectivity index (χ4v) is 3.53. The van der Waals surface area contributed by atoms with Gasteiger partial charge in [0, 0.05) is 13.6 Å². The van der Waals surface area contributed by atoms with Crippen LogP contribution in [0.4, 0.5) is 4.39 Å². The third-order valence-corrected chi connectivity index (χ3v) is 5.28. The highest BCUT2D eigenvalue weighted by atomic mass is 35.5. The number of sulfonamides is 1. The van der Waals surface area contributed by atoms with Gasteiger partial charge in [0.1, 0.15) is 10.7 Å². The topological polar surface area (TPSA) is 40.6 Å². The van der Waals surface area contributed by atoms with Crippen molar-refractivity contribution >= 4 is 21.6 Å². The van der Waals surface area contributed by atoms with Crippen LogP contribution in [0.15, 0.2) is 23.1 Å². The number of halogens is 2. The normalized spacial score (nSPS) is 12.3. The van der Waals surface area contributed by atoms with Crippen molar-refractivity contribution in [3.8, 4) is 0 Å². The van der Waals surface area contributed by atoms with Gasteiger partial charge < -0.3 is 4.90 Å². The summed E-state index contributed by atoms with van der Waals surface area (Å²) in [5, 5.41) is -0.0925. The van der Waals surface area contributed by atoms with E-state index in [1.54, 1.807) is 0 Å². The molecule has 0 spiro atoms. The molecule has 0 atom stereocenters. The summed E-state index contributed by atoms with van der Waals surface area (Å²) >= 11 is 5.81. The van der Waals surface area contributed by atoms with E-state index in [0.29, 0.717) is 13.0 Å². The molecule has 0 aliphatic rings. The molecule has 1 aromatic carbocycles. The summed E-state index contributed by atoms with van der Waals surface area (Å²) < 4.78 is 39.4. The van der Waals surface area contributed by atoms with Crippen LogP contribution in [-0.4, -0.2) is 51.9 Å². The third kappa shape index (κ3) is 4.41. The molecule has 0 aliphatic carbocycles. The molecule has 0 fully saturated rings. The van der Waals surface area contributed by atoms with Crippen molar-refractivity contribution in [2.24, 2.45) is 0 Å². The second-order valence-corrected chi connectivity index (χ2v) is 7.28. The maximum Gasteiger partial charge on any atom is 0.247 e. The van der Waals surface area contributed by atoms with Crippen LogP contribution < -0.4 is 0 Å². The highest BCUT2D eigenvalue weighted by Crippen LogP contribution is 2.26. The van der Waals surface area contributed by atoms with Crippen LogP contribution in [0.3, 0.4) is 0 Å². The fourth-order valence-electron chi connectivity index (χ4n) is 1.77. The van der Waals surface area contributed by atoms with Gasteiger partial charge in [0.05, 0.1) is 5.02 Å². The average Bonchev–Trinajstić information content (AvgIpc) is 2.33. The molecule has 1 aromatic rings. The first-order valence-corrected chi connectivity index (χ1v) is 8.13. The maximum atomic E-state index is 13.7. The Morgan fingerprint density at radius 1 is 1.15 bits per heavy atom. The van der Waals surface area contributed by atoms with Crippen molar-refractivity contribution in [1.29, 1.82) is 0 Å². The lowest BCUT2D eigenvalue weighted by atomic mass is 10.3. The molecule has 7 heteroatoms. The van der Waals surface area contributed by atoms with E-state index in [1.165, 1.54) is 19.2 Å². The predicted octanol–water partition coefficient (Wildman–Crippen LogP) is 2.44. The average molecular weight is 323 g/mol. The number of hydrogen-bond acceptors (Lipinski definition) is 3. The molecule has 4 nitrogen and oxygen atoms in total. The number of nitrogens with zero attached hydrogens (tertiary/aromatic N) is 2. The molecule has 0 aliphatic heterocycles. The summed E-state index contributed by atoms with van der Waals surface area (Å²) in [6, 6.07) is 3.85. The van der Waals surface area contributed by atoms with E-state index in [4.69, 9.17) is 11.6 Å². The molecule has 0 unspecified atom stereocenters. The van der Waals surface area contributed by atoms with Crippen LogP contribution in [0.1, 0.15) is 12.8 Å². The van der Waals surface area contributed by atoms with Crippen LogP contribution in [-0.2, 0) is 10.0 Å².